The van der Waals surface area contributed by atoms with Crippen molar-refractivity contribution in [2.45, 2.75) is 64.8 Å². The number of rotatable bonds is 1. The minimum absolute atomic E-state index is 0.690. The summed E-state index contributed by atoms with van der Waals surface area (Å²) in [5, 5.41) is 0. The van der Waals surface area contributed by atoms with Crippen LogP contribution < -0.4 is 0 Å². The molecule has 2 aliphatic rings. The Morgan fingerprint density at radius 3 is 3.00 bits per heavy atom. The van der Waals surface area contributed by atoms with Gasteiger partial charge in [-0.25, -0.2) is 4.98 Å². The third-order valence-corrected chi connectivity index (χ3v) is 4.48. The van der Waals surface area contributed by atoms with Crippen molar-refractivity contribution in [1.82, 2.24) is 9.55 Å². The molecule has 2 heterocycles. The summed E-state index contributed by atoms with van der Waals surface area (Å²) in [5.41, 5.74) is 3.01. The van der Waals surface area contributed by atoms with Crippen molar-refractivity contribution >= 4 is 0 Å². The summed E-state index contributed by atoms with van der Waals surface area (Å²) in [6.45, 7) is 4.69. The van der Waals surface area contributed by atoms with Gasteiger partial charge < -0.3 is 4.57 Å². The summed E-state index contributed by atoms with van der Waals surface area (Å²) in [6.07, 6.45) is 9.06. The summed E-state index contributed by atoms with van der Waals surface area (Å²) >= 11 is 0. The Morgan fingerprint density at radius 2 is 2.19 bits per heavy atom. The first-order chi connectivity index (χ1) is 7.79. The van der Waals surface area contributed by atoms with E-state index in [1.165, 1.54) is 56.5 Å². The standard InChI is InChI=1S/C14H22N2/c1-3-11-7-8-12-13(9-11)16-10(2)5-4-6-14(16)15-12/h10-11H,3-9H2,1-2H3. The molecule has 0 spiro atoms. The normalized spacial score (nSPS) is 28.6. The Bertz CT molecular complexity index is 392. The molecule has 0 saturated carbocycles. The predicted molar refractivity (Wildman–Crippen MR) is 65.7 cm³/mol. The van der Waals surface area contributed by atoms with Crippen LogP contribution in [0, 0.1) is 5.92 Å². The van der Waals surface area contributed by atoms with Gasteiger partial charge in [0.25, 0.3) is 0 Å². The highest BCUT2D eigenvalue weighted by atomic mass is 15.1. The van der Waals surface area contributed by atoms with Crippen LogP contribution in [-0.4, -0.2) is 9.55 Å². The van der Waals surface area contributed by atoms with Gasteiger partial charge in [0.2, 0.25) is 0 Å². The average molecular weight is 218 g/mol. The summed E-state index contributed by atoms with van der Waals surface area (Å²) in [7, 11) is 0. The monoisotopic (exact) mass is 218 g/mol. The lowest BCUT2D eigenvalue weighted by molar-refractivity contribution is 0.382. The van der Waals surface area contributed by atoms with E-state index < -0.39 is 0 Å². The van der Waals surface area contributed by atoms with Gasteiger partial charge in [0.1, 0.15) is 5.82 Å². The molecule has 2 atom stereocenters. The van der Waals surface area contributed by atoms with Crippen molar-refractivity contribution in [3.05, 3.63) is 17.2 Å². The summed E-state index contributed by atoms with van der Waals surface area (Å²) in [6, 6.07) is 0.690. The second-order valence-corrected chi connectivity index (χ2v) is 5.55. The molecule has 1 aliphatic heterocycles. The van der Waals surface area contributed by atoms with Gasteiger partial charge in [-0.1, -0.05) is 13.3 Å². The maximum Gasteiger partial charge on any atom is 0.109 e. The van der Waals surface area contributed by atoms with Gasteiger partial charge in [0.05, 0.1) is 5.69 Å². The van der Waals surface area contributed by atoms with Crippen molar-refractivity contribution in [2.24, 2.45) is 5.92 Å². The third kappa shape index (κ3) is 1.50. The Morgan fingerprint density at radius 1 is 1.31 bits per heavy atom. The maximum absolute atomic E-state index is 4.87. The Balaban J connectivity index is 2.01. The summed E-state index contributed by atoms with van der Waals surface area (Å²) in [4.78, 5) is 4.87. The molecule has 0 amide bonds. The van der Waals surface area contributed by atoms with E-state index in [9.17, 15) is 0 Å². The molecule has 2 unspecified atom stereocenters. The minimum Gasteiger partial charge on any atom is -0.329 e. The van der Waals surface area contributed by atoms with Crippen molar-refractivity contribution in [2.75, 3.05) is 0 Å². The van der Waals surface area contributed by atoms with Gasteiger partial charge in [0.15, 0.2) is 0 Å². The first-order valence-electron chi connectivity index (χ1n) is 6.88. The van der Waals surface area contributed by atoms with E-state index in [0.29, 0.717) is 6.04 Å². The molecule has 88 valence electrons. The molecule has 0 radical (unpaired) electrons. The second kappa shape index (κ2) is 3.90. The third-order valence-electron chi connectivity index (χ3n) is 4.48. The van der Waals surface area contributed by atoms with Crippen LogP contribution in [0.4, 0.5) is 0 Å². The molecule has 0 fully saturated rings. The lowest BCUT2D eigenvalue weighted by Gasteiger charge is -2.27. The minimum atomic E-state index is 0.690. The molecule has 1 aromatic heterocycles. The van der Waals surface area contributed by atoms with Crippen molar-refractivity contribution in [1.29, 1.82) is 0 Å². The fraction of sp³-hybridized carbons (Fsp3) is 0.786. The van der Waals surface area contributed by atoms with E-state index in [1.54, 1.807) is 5.69 Å². The largest absolute Gasteiger partial charge is 0.329 e. The van der Waals surface area contributed by atoms with Crippen LogP contribution in [0.3, 0.4) is 0 Å². The van der Waals surface area contributed by atoms with Gasteiger partial charge in [0, 0.05) is 18.2 Å². The molecule has 1 aromatic rings. The zero-order chi connectivity index (χ0) is 11.1. The quantitative estimate of drug-likeness (QED) is 0.707. The average Bonchev–Trinajstić information content (AvgIpc) is 2.67. The lowest BCUT2D eigenvalue weighted by atomic mass is 9.87. The molecule has 0 aromatic carbocycles. The first kappa shape index (κ1) is 10.4. The highest BCUT2D eigenvalue weighted by Gasteiger charge is 2.28. The SMILES string of the molecule is CCC1CCc2nc3n(c2C1)C(C)CCC3. The van der Waals surface area contributed by atoms with Gasteiger partial charge in [-0.2, -0.15) is 0 Å². The topological polar surface area (TPSA) is 17.8 Å². The van der Waals surface area contributed by atoms with Crippen LogP contribution >= 0.6 is 0 Å². The number of hydrogen-bond donors (Lipinski definition) is 0. The van der Waals surface area contributed by atoms with E-state index in [1.807, 2.05) is 0 Å². The Labute approximate surface area is 98.1 Å². The molecular weight excluding hydrogens is 196 g/mol. The van der Waals surface area contributed by atoms with E-state index in [0.717, 1.165) is 5.92 Å². The molecule has 0 bridgehead atoms. The fourth-order valence-electron chi connectivity index (χ4n) is 3.43. The zero-order valence-electron chi connectivity index (χ0n) is 10.5. The van der Waals surface area contributed by atoms with Crippen molar-refractivity contribution < 1.29 is 0 Å². The number of nitrogens with zero attached hydrogens (tertiary/aromatic N) is 2. The van der Waals surface area contributed by atoms with Crippen LogP contribution in [0.2, 0.25) is 0 Å². The van der Waals surface area contributed by atoms with E-state index >= 15 is 0 Å². The molecular formula is C14H22N2. The van der Waals surface area contributed by atoms with Crippen LogP contribution in [0.25, 0.3) is 0 Å². The molecule has 0 saturated heterocycles. The predicted octanol–water partition coefficient (Wildman–Crippen LogP) is 3.30. The van der Waals surface area contributed by atoms with Gasteiger partial charge in [-0.15, -0.1) is 0 Å². The highest BCUT2D eigenvalue weighted by molar-refractivity contribution is 5.23. The van der Waals surface area contributed by atoms with Crippen molar-refractivity contribution in [3.63, 3.8) is 0 Å². The van der Waals surface area contributed by atoms with Gasteiger partial charge >= 0.3 is 0 Å². The van der Waals surface area contributed by atoms with Crippen LogP contribution in [0.5, 0.6) is 0 Å². The van der Waals surface area contributed by atoms with E-state index in [2.05, 4.69) is 18.4 Å². The molecule has 2 heteroatoms. The fourth-order valence-corrected chi connectivity index (χ4v) is 3.43. The number of hydrogen-bond acceptors (Lipinski definition) is 1. The number of imidazole rings is 1. The molecule has 2 nitrogen and oxygen atoms in total. The lowest BCUT2D eigenvalue weighted by Crippen LogP contribution is -2.21. The number of aryl methyl sites for hydroxylation is 2. The maximum atomic E-state index is 4.87. The smallest absolute Gasteiger partial charge is 0.109 e. The molecule has 1 aliphatic carbocycles. The first-order valence-corrected chi connectivity index (χ1v) is 6.88. The van der Waals surface area contributed by atoms with Gasteiger partial charge in [-0.3, -0.25) is 0 Å². The van der Waals surface area contributed by atoms with Crippen LogP contribution in [-0.2, 0) is 19.3 Å². The van der Waals surface area contributed by atoms with Gasteiger partial charge in [-0.05, 0) is 44.9 Å². The zero-order valence-corrected chi connectivity index (χ0v) is 10.5. The van der Waals surface area contributed by atoms with Crippen LogP contribution in [0.1, 0.15) is 62.8 Å². The Hall–Kier alpha value is -0.790. The molecule has 16 heavy (non-hydrogen) atoms. The van der Waals surface area contributed by atoms with Crippen LogP contribution in [0.15, 0.2) is 0 Å². The number of fused-ring (bicyclic) bond motifs is 3. The highest BCUT2D eigenvalue weighted by Crippen LogP contribution is 2.34. The second-order valence-electron chi connectivity index (χ2n) is 5.55. The number of aromatic nitrogens is 2. The van der Waals surface area contributed by atoms with E-state index in [4.69, 9.17) is 4.98 Å². The summed E-state index contributed by atoms with van der Waals surface area (Å²) < 4.78 is 2.57. The summed E-state index contributed by atoms with van der Waals surface area (Å²) in [5.74, 6) is 2.28. The van der Waals surface area contributed by atoms with E-state index in [-0.39, 0.29) is 0 Å². The van der Waals surface area contributed by atoms with Crippen molar-refractivity contribution in [3.8, 4) is 0 Å². The Kier molecular flexibility index (Phi) is 2.53. The molecule has 0 N–H and O–H groups in total. The molecule has 3 rings (SSSR count).